The van der Waals surface area contributed by atoms with E-state index in [0.717, 1.165) is 27.9 Å². The van der Waals surface area contributed by atoms with Crippen molar-refractivity contribution < 1.29 is 13.2 Å². The molecular weight excluding hydrogens is 285 g/mol. The maximum absolute atomic E-state index is 13.1. The van der Waals surface area contributed by atoms with Crippen LogP contribution in [-0.2, 0) is 0 Å². The molecule has 0 saturated carbocycles. The van der Waals surface area contributed by atoms with Crippen LogP contribution in [0.5, 0.6) is 0 Å². The second-order valence-electron chi connectivity index (χ2n) is 4.37. The third-order valence-electron chi connectivity index (χ3n) is 2.78. The maximum atomic E-state index is 13.1. The van der Waals surface area contributed by atoms with Gasteiger partial charge < -0.3 is 5.32 Å². The Morgan fingerprint density at radius 3 is 2.45 bits per heavy atom. The van der Waals surface area contributed by atoms with Gasteiger partial charge in [0.1, 0.15) is 0 Å². The maximum Gasteiger partial charge on any atom is 0.194 e. The Labute approximate surface area is 116 Å². The predicted octanol–water partition coefficient (Wildman–Crippen LogP) is 4.77. The monoisotopic (exact) mass is 294 g/mol. The van der Waals surface area contributed by atoms with Crippen LogP contribution >= 0.6 is 11.3 Å². The van der Waals surface area contributed by atoms with Crippen LogP contribution in [0.25, 0.3) is 10.2 Å². The van der Waals surface area contributed by atoms with Gasteiger partial charge in [0.05, 0.1) is 10.2 Å². The minimum Gasteiger partial charge on any atom is -0.331 e. The molecule has 0 bridgehead atoms. The van der Waals surface area contributed by atoms with Gasteiger partial charge in [0, 0.05) is 17.8 Å². The zero-order valence-electron chi connectivity index (χ0n) is 10.4. The predicted molar refractivity (Wildman–Crippen MR) is 74.0 cm³/mol. The fraction of sp³-hybridized carbons (Fsp3) is 0.0714. The Kier molecular flexibility index (Phi) is 3.10. The van der Waals surface area contributed by atoms with E-state index in [1.54, 1.807) is 0 Å². The molecule has 0 saturated heterocycles. The normalized spacial score (nSPS) is 11.0. The quantitative estimate of drug-likeness (QED) is 0.689. The molecule has 3 aromatic rings. The first-order valence-corrected chi connectivity index (χ1v) is 6.63. The zero-order valence-corrected chi connectivity index (χ0v) is 11.2. The molecule has 2 aromatic carbocycles. The molecule has 1 aromatic heterocycles. The van der Waals surface area contributed by atoms with Crippen LogP contribution in [0.3, 0.4) is 0 Å². The minimum atomic E-state index is -1.48. The van der Waals surface area contributed by atoms with Gasteiger partial charge >= 0.3 is 0 Å². The number of hydrogen-bond acceptors (Lipinski definition) is 3. The van der Waals surface area contributed by atoms with E-state index in [-0.39, 0.29) is 5.69 Å². The van der Waals surface area contributed by atoms with E-state index in [1.165, 1.54) is 11.3 Å². The summed E-state index contributed by atoms with van der Waals surface area (Å²) in [5.74, 6) is -3.94. The number of anilines is 2. The summed E-state index contributed by atoms with van der Waals surface area (Å²) in [6, 6.07) is 7.58. The van der Waals surface area contributed by atoms with Crippen molar-refractivity contribution in [1.29, 1.82) is 0 Å². The third kappa shape index (κ3) is 2.34. The third-order valence-corrected chi connectivity index (χ3v) is 3.71. The molecule has 102 valence electrons. The minimum absolute atomic E-state index is 0.122. The van der Waals surface area contributed by atoms with Gasteiger partial charge in [0.2, 0.25) is 0 Å². The number of aromatic nitrogens is 1. The fourth-order valence-corrected chi connectivity index (χ4v) is 2.82. The molecule has 0 aliphatic carbocycles. The average Bonchev–Trinajstić information content (AvgIpc) is 2.77. The smallest absolute Gasteiger partial charge is 0.194 e. The molecule has 0 fully saturated rings. The van der Waals surface area contributed by atoms with E-state index < -0.39 is 17.5 Å². The molecule has 0 radical (unpaired) electrons. The van der Waals surface area contributed by atoms with Gasteiger partial charge in [-0.15, -0.1) is 0 Å². The molecule has 6 heteroatoms. The summed E-state index contributed by atoms with van der Waals surface area (Å²) in [6.45, 7) is 1.97. The number of hydrogen-bond donors (Lipinski definition) is 1. The number of halogens is 3. The Morgan fingerprint density at radius 1 is 1.05 bits per heavy atom. The SMILES string of the molecule is Cc1ccc2nc(Nc3cc(F)c(F)c(F)c3)sc2c1. The Bertz CT molecular complexity index is 775. The van der Waals surface area contributed by atoms with E-state index in [2.05, 4.69) is 10.3 Å². The second kappa shape index (κ2) is 4.79. The van der Waals surface area contributed by atoms with Crippen molar-refractivity contribution in [2.75, 3.05) is 5.32 Å². The van der Waals surface area contributed by atoms with E-state index >= 15 is 0 Å². The van der Waals surface area contributed by atoms with E-state index in [0.29, 0.717) is 5.13 Å². The lowest BCUT2D eigenvalue weighted by molar-refractivity contribution is 0.448. The molecule has 0 spiro atoms. The first-order valence-electron chi connectivity index (χ1n) is 5.82. The molecule has 1 N–H and O–H groups in total. The summed E-state index contributed by atoms with van der Waals surface area (Å²) in [4.78, 5) is 4.30. The van der Waals surface area contributed by atoms with Crippen LogP contribution in [-0.4, -0.2) is 4.98 Å². The summed E-state index contributed by atoms with van der Waals surface area (Å²) in [6.07, 6.45) is 0. The van der Waals surface area contributed by atoms with Gasteiger partial charge in [-0.1, -0.05) is 17.4 Å². The van der Waals surface area contributed by atoms with Gasteiger partial charge in [-0.25, -0.2) is 18.2 Å². The van der Waals surface area contributed by atoms with E-state index in [4.69, 9.17) is 0 Å². The number of fused-ring (bicyclic) bond motifs is 1. The molecule has 0 aliphatic heterocycles. The molecular formula is C14H9F3N2S. The van der Waals surface area contributed by atoms with Crippen LogP contribution in [0.4, 0.5) is 24.0 Å². The lowest BCUT2D eigenvalue weighted by atomic mass is 10.2. The van der Waals surface area contributed by atoms with Crippen molar-refractivity contribution in [2.45, 2.75) is 6.92 Å². The van der Waals surface area contributed by atoms with Gasteiger partial charge in [-0.05, 0) is 24.6 Å². The molecule has 20 heavy (non-hydrogen) atoms. The highest BCUT2D eigenvalue weighted by atomic mass is 32.1. The Hall–Kier alpha value is -2.08. The van der Waals surface area contributed by atoms with Gasteiger partial charge in [-0.3, -0.25) is 0 Å². The van der Waals surface area contributed by atoms with E-state index in [9.17, 15) is 13.2 Å². The highest BCUT2D eigenvalue weighted by Crippen LogP contribution is 2.29. The first kappa shape index (κ1) is 12.9. The average molecular weight is 294 g/mol. The first-order chi connectivity index (χ1) is 9.52. The van der Waals surface area contributed by atoms with Gasteiger partial charge in [-0.2, -0.15) is 0 Å². The molecule has 1 heterocycles. The standard InChI is InChI=1S/C14H9F3N2S/c1-7-2-3-11-12(4-7)20-14(19-11)18-8-5-9(15)13(17)10(16)6-8/h2-6H,1H3,(H,18,19). The van der Waals surface area contributed by atoms with Gasteiger partial charge in [0.15, 0.2) is 22.6 Å². The van der Waals surface area contributed by atoms with E-state index in [1.807, 2.05) is 25.1 Å². The lowest BCUT2D eigenvalue weighted by Crippen LogP contribution is -1.95. The van der Waals surface area contributed by atoms with Crippen molar-refractivity contribution in [2.24, 2.45) is 0 Å². The van der Waals surface area contributed by atoms with Crippen molar-refractivity contribution in [3.05, 3.63) is 53.3 Å². The number of nitrogens with zero attached hydrogens (tertiary/aromatic N) is 1. The number of thiazole rings is 1. The fourth-order valence-electron chi connectivity index (χ4n) is 1.84. The molecule has 0 atom stereocenters. The lowest BCUT2D eigenvalue weighted by Gasteiger charge is -2.03. The summed E-state index contributed by atoms with van der Waals surface area (Å²) in [5, 5.41) is 3.28. The van der Waals surface area contributed by atoms with Crippen molar-refractivity contribution in [3.8, 4) is 0 Å². The van der Waals surface area contributed by atoms with Crippen molar-refractivity contribution in [3.63, 3.8) is 0 Å². The molecule has 3 rings (SSSR count). The van der Waals surface area contributed by atoms with Crippen LogP contribution in [0.1, 0.15) is 5.56 Å². The van der Waals surface area contributed by atoms with Crippen LogP contribution in [0.2, 0.25) is 0 Å². The van der Waals surface area contributed by atoms with Crippen molar-refractivity contribution in [1.82, 2.24) is 4.98 Å². The summed E-state index contributed by atoms with van der Waals surface area (Å²) < 4.78 is 40.1. The molecule has 0 amide bonds. The molecule has 0 aliphatic rings. The van der Waals surface area contributed by atoms with Gasteiger partial charge in [0.25, 0.3) is 0 Å². The molecule has 0 unspecified atom stereocenters. The summed E-state index contributed by atoms with van der Waals surface area (Å²) in [5.41, 5.74) is 2.02. The Balaban J connectivity index is 1.96. The highest BCUT2D eigenvalue weighted by Gasteiger charge is 2.11. The number of aryl methyl sites for hydroxylation is 1. The second-order valence-corrected chi connectivity index (χ2v) is 5.40. The highest BCUT2D eigenvalue weighted by molar-refractivity contribution is 7.22. The largest absolute Gasteiger partial charge is 0.331 e. The topological polar surface area (TPSA) is 24.9 Å². The van der Waals surface area contributed by atoms with Crippen LogP contribution in [0.15, 0.2) is 30.3 Å². The number of benzene rings is 2. The number of rotatable bonds is 2. The summed E-state index contributed by atoms with van der Waals surface area (Å²) >= 11 is 1.36. The number of nitrogens with one attached hydrogen (secondary N) is 1. The zero-order chi connectivity index (χ0) is 14.3. The Morgan fingerprint density at radius 2 is 1.75 bits per heavy atom. The summed E-state index contributed by atoms with van der Waals surface area (Å²) in [7, 11) is 0. The molecule has 2 nitrogen and oxygen atoms in total. The van der Waals surface area contributed by atoms with Crippen molar-refractivity contribution >= 4 is 32.4 Å². The van der Waals surface area contributed by atoms with Crippen LogP contribution < -0.4 is 5.32 Å². The van der Waals surface area contributed by atoms with Crippen LogP contribution in [0, 0.1) is 24.4 Å².